The van der Waals surface area contributed by atoms with Crippen molar-refractivity contribution in [2.45, 2.75) is 51.7 Å². The Balaban J connectivity index is 1.76. The van der Waals surface area contributed by atoms with Crippen molar-refractivity contribution in [3.05, 3.63) is 35.9 Å². The molecule has 2 rings (SSSR count). The van der Waals surface area contributed by atoms with Gasteiger partial charge in [-0.05, 0) is 50.2 Å². The fourth-order valence-electron chi connectivity index (χ4n) is 3.14. The monoisotopic (exact) mass is 377 g/mol. The molecule has 0 spiro atoms. The Morgan fingerprint density at radius 1 is 1.11 bits per heavy atom. The summed E-state index contributed by atoms with van der Waals surface area (Å²) in [5.41, 5.74) is 0.401. The molecule has 0 aliphatic heterocycles. The highest BCUT2D eigenvalue weighted by Crippen LogP contribution is 2.28. The van der Waals surface area contributed by atoms with E-state index in [9.17, 15) is 14.4 Å². The summed E-state index contributed by atoms with van der Waals surface area (Å²) in [4.78, 5) is 35.1. The number of rotatable bonds is 8. The van der Waals surface area contributed by atoms with Crippen LogP contribution in [0.4, 0.5) is 4.79 Å². The Bertz CT molecular complexity index is 625. The predicted octanol–water partition coefficient (Wildman–Crippen LogP) is 3.59. The molecule has 2 N–H and O–H groups in total. The predicted molar refractivity (Wildman–Crippen MR) is 98.1 cm³/mol. The summed E-state index contributed by atoms with van der Waals surface area (Å²) in [6.45, 7) is 2.34. The number of carbonyl (C=O) groups excluding carboxylic acids is 2. The Morgan fingerprint density at radius 2 is 1.78 bits per heavy atom. The van der Waals surface area contributed by atoms with Crippen molar-refractivity contribution >= 4 is 18.0 Å². The molecule has 1 amide bonds. The molecule has 148 valence electrons. The molecule has 0 saturated heterocycles. The zero-order valence-electron chi connectivity index (χ0n) is 15.6. The maximum atomic E-state index is 12.1. The number of carboxylic acid groups (broad SMARTS) is 1. The quantitative estimate of drug-likeness (QED) is 0.530. The molecule has 7 heteroatoms. The van der Waals surface area contributed by atoms with Crippen LogP contribution in [0.15, 0.2) is 30.3 Å². The molecule has 1 atom stereocenters. The van der Waals surface area contributed by atoms with Crippen LogP contribution in [0.5, 0.6) is 0 Å². The van der Waals surface area contributed by atoms with Crippen LogP contribution in [-0.2, 0) is 14.3 Å². The fourth-order valence-corrected chi connectivity index (χ4v) is 3.14. The minimum atomic E-state index is -0.939. The SMILES string of the molecule is CCCC(OC(=O)NCC1CCC(C(=O)O)CC1)OC(=O)c1ccccc1. The number of hydrogen-bond donors (Lipinski definition) is 2. The number of benzene rings is 1. The average Bonchev–Trinajstić information content (AvgIpc) is 2.67. The van der Waals surface area contributed by atoms with Gasteiger partial charge in [0.1, 0.15) is 0 Å². The van der Waals surface area contributed by atoms with Gasteiger partial charge in [0, 0.05) is 13.0 Å². The lowest BCUT2D eigenvalue weighted by Gasteiger charge is -2.26. The number of ether oxygens (including phenoxy) is 2. The summed E-state index contributed by atoms with van der Waals surface area (Å²) < 4.78 is 10.5. The smallest absolute Gasteiger partial charge is 0.410 e. The first-order chi connectivity index (χ1) is 13.0. The largest absolute Gasteiger partial charge is 0.481 e. The van der Waals surface area contributed by atoms with Crippen molar-refractivity contribution in [3.63, 3.8) is 0 Å². The van der Waals surface area contributed by atoms with Gasteiger partial charge in [0.15, 0.2) is 0 Å². The van der Waals surface area contributed by atoms with Gasteiger partial charge in [-0.25, -0.2) is 9.59 Å². The minimum Gasteiger partial charge on any atom is -0.481 e. The first kappa shape index (κ1) is 20.7. The molecule has 1 aromatic carbocycles. The fraction of sp³-hybridized carbons (Fsp3) is 0.550. The van der Waals surface area contributed by atoms with Crippen molar-refractivity contribution < 1.29 is 29.0 Å². The van der Waals surface area contributed by atoms with E-state index in [2.05, 4.69) is 5.32 Å². The summed E-state index contributed by atoms with van der Waals surface area (Å²) in [6.07, 6.45) is 2.32. The van der Waals surface area contributed by atoms with Crippen LogP contribution in [0, 0.1) is 11.8 Å². The highest BCUT2D eigenvalue weighted by atomic mass is 16.7. The first-order valence-electron chi connectivity index (χ1n) is 9.43. The van der Waals surface area contributed by atoms with Crippen molar-refractivity contribution in [2.75, 3.05) is 6.54 Å². The van der Waals surface area contributed by atoms with Gasteiger partial charge in [0.2, 0.25) is 6.29 Å². The molecule has 1 fully saturated rings. The van der Waals surface area contributed by atoms with Crippen molar-refractivity contribution in [1.82, 2.24) is 5.32 Å². The molecule has 1 aliphatic carbocycles. The lowest BCUT2D eigenvalue weighted by molar-refractivity contribution is -0.143. The third-order valence-electron chi connectivity index (χ3n) is 4.74. The lowest BCUT2D eigenvalue weighted by atomic mass is 9.82. The van der Waals surface area contributed by atoms with E-state index in [0.29, 0.717) is 37.8 Å². The number of amides is 1. The van der Waals surface area contributed by atoms with Gasteiger partial charge in [0.25, 0.3) is 0 Å². The van der Waals surface area contributed by atoms with Crippen LogP contribution >= 0.6 is 0 Å². The molecule has 0 bridgehead atoms. The summed E-state index contributed by atoms with van der Waals surface area (Å²) >= 11 is 0. The Labute approximate surface area is 159 Å². The molecular weight excluding hydrogens is 350 g/mol. The summed E-state index contributed by atoms with van der Waals surface area (Å²) in [5, 5.41) is 11.7. The van der Waals surface area contributed by atoms with Crippen LogP contribution in [0.1, 0.15) is 55.8 Å². The molecule has 1 unspecified atom stereocenters. The van der Waals surface area contributed by atoms with Gasteiger partial charge < -0.3 is 19.9 Å². The van der Waals surface area contributed by atoms with E-state index < -0.39 is 24.3 Å². The van der Waals surface area contributed by atoms with E-state index in [0.717, 1.165) is 12.8 Å². The molecular formula is C20H27NO6. The van der Waals surface area contributed by atoms with Gasteiger partial charge in [0.05, 0.1) is 11.5 Å². The second-order valence-corrected chi connectivity index (χ2v) is 6.83. The number of nitrogens with one attached hydrogen (secondary N) is 1. The Hall–Kier alpha value is -2.57. The summed E-state index contributed by atoms with van der Waals surface area (Å²) in [7, 11) is 0. The topological polar surface area (TPSA) is 102 Å². The Kier molecular flexibility index (Phi) is 8.10. The van der Waals surface area contributed by atoms with Gasteiger partial charge in [-0.1, -0.05) is 25.1 Å². The van der Waals surface area contributed by atoms with Gasteiger partial charge in [-0.2, -0.15) is 0 Å². The van der Waals surface area contributed by atoms with Gasteiger partial charge in [-0.15, -0.1) is 0 Å². The van der Waals surface area contributed by atoms with Crippen molar-refractivity contribution in [2.24, 2.45) is 11.8 Å². The normalized spacial score (nSPS) is 20.3. The lowest BCUT2D eigenvalue weighted by Crippen LogP contribution is -2.36. The third-order valence-corrected chi connectivity index (χ3v) is 4.74. The first-order valence-corrected chi connectivity index (χ1v) is 9.43. The molecule has 1 saturated carbocycles. The van der Waals surface area contributed by atoms with E-state index in [1.807, 2.05) is 6.92 Å². The molecule has 0 radical (unpaired) electrons. The van der Waals surface area contributed by atoms with E-state index in [1.165, 1.54) is 0 Å². The van der Waals surface area contributed by atoms with Crippen LogP contribution in [0.3, 0.4) is 0 Å². The van der Waals surface area contributed by atoms with Crippen molar-refractivity contribution in [1.29, 1.82) is 0 Å². The van der Waals surface area contributed by atoms with Crippen LogP contribution < -0.4 is 5.32 Å². The zero-order valence-corrected chi connectivity index (χ0v) is 15.6. The molecule has 27 heavy (non-hydrogen) atoms. The van der Waals surface area contributed by atoms with E-state index >= 15 is 0 Å². The van der Waals surface area contributed by atoms with E-state index in [1.54, 1.807) is 30.3 Å². The molecule has 7 nitrogen and oxygen atoms in total. The highest BCUT2D eigenvalue weighted by molar-refractivity contribution is 5.89. The number of alkyl carbamates (subject to hydrolysis) is 1. The third kappa shape index (κ3) is 6.92. The van der Waals surface area contributed by atoms with Gasteiger partial charge >= 0.3 is 18.0 Å². The summed E-state index contributed by atoms with van der Waals surface area (Å²) in [5.74, 6) is -1.32. The summed E-state index contributed by atoms with van der Waals surface area (Å²) in [6, 6.07) is 8.54. The van der Waals surface area contributed by atoms with E-state index in [-0.39, 0.29) is 11.8 Å². The van der Waals surface area contributed by atoms with Crippen LogP contribution in [0.25, 0.3) is 0 Å². The van der Waals surface area contributed by atoms with Crippen LogP contribution in [-0.4, -0.2) is 36.0 Å². The number of hydrogen-bond acceptors (Lipinski definition) is 5. The molecule has 1 aromatic rings. The zero-order chi connectivity index (χ0) is 19.6. The number of carbonyl (C=O) groups is 3. The molecule has 1 aliphatic rings. The van der Waals surface area contributed by atoms with Crippen molar-refractivity contribution in [3.8, 4) is 0 Å². The number of esters is 1. The van der Waals surface area contributed by atoms with Crippen LogP contribution in [0.2, 0.25) is 0 Å². The minimum absolute atomic E-state index is 0.240. The highest BCUT2D eigenvalue weighted by Gasteiger charge is 2.26. The second-order valence-electron chi connectivity index (χ2n) is 6.83. The number of carboxylic acids is 1. The maximum Gasteiger partial charge on any atom is 0.410 e. The second kappa shape index (κ2) is 10.5. The number of aliphatic carboxylic acids is 1. The van der Waals surface area contributed by atoms with E-state index in [4.69, 9.17) is 14.6 Å². The maximum absolute atomic E-state index is 12.1. The Morgan fingerprint density at radius 3 is 2.37 bits per heavy atom. The standard InChI is InChI=1S/C20H27NO6/c1-2-6-17(26-19(24)16-7-4-3-5-8-16)27-20(25)21-13-14-9-11-15(12-10-14)18(22)23/h3-5,7-8,14-15,17H,2,6,9-13H2,1H3,(H,21,25)(H,22,23). The van der Waals surface area contributed by atoms with Gasteiger partial charge in [-0.3, -0.25) is 4.79 Å². The molecule has 0 aromatic heterocycles. The molecule has 0 heterocycles. The average molecular weight is 377 g/mol.